The van der Waals surface area contributed by atoms with Crippen LogP contribution in [0.5, 0.6) is 0 Å². The molecule has 3 rings (SSSR count). The van der Waals surface area contributed by atoms with Gasteiger partial charge < -0.3 is 9.88 Å². The number of likely N-dealkylation sites (N-methyl/N-ethyl adjacent to an activating group) is 1. The Morgan fingerprint density at radius 3 is 2.50 bits per heavy atom. The van der Waals surface area contributed by atoms with E-state index in [0.717, 1.165) is 6.54 Å². The zero-order valence-corrected chi connectivity index (χ0v) is 11.8. The van der Waals surface area contributed by atoms with Gasteiger partial charge in [0.05, 0.1) is 5.52 Å². The van der Waals surface area contributed by atoms with Crippen LogP contribution in [0.25, 0.3) is 10.9 Å². The Morgan fingerprint density at radius 1 is 1.22 bits per heavy atom. The fourth-order valence-corrected chi connectivity index (χ4v) is 3.35. The summed E-state index contributed by atoms with van der Waals surface area (Å²) in [6.07, 6.45) is 5.00. The van der Waals surface area contributed by atoms with Crippen LogP contribution in [0, 0.1) is 13.8 Å². The second-order valence-electron chi connectivity index (χ2n) is 5.89. The molecule has 1 aliphatic rings. The van der Waals surface area contributed by atoms with Crippen molar-refractivity contribution < 1.29 is 0 Å². The number of nitrogens with one attached hydrogen (secondary N) is 1. The van der Waals surface area contributed by atoms with Crippen molar-refractivity contribution in [2.45, 2.75) is 32.1 Å². The first-order valence-electron chi connectivity index (χ1n) is 6.79. The molecule has 18 heavy (non-hydrogen) atoms. The Balaban J connectivity index is 2.28. The molecule has 2 nitrogen and oxygen atoms in total. The fourth-order valence-electron chi connectivity index (χ4n) is 3.35. The lowest BCUT2D eigenvalue weighted by atomic mass is 9.92. The highest BCUT2D eigenvalue weighted by Gasteiger charge is 2.45. The monoisotopic (exact) mass is 242 g/mol. The minimum absolute atomic E-state index is 0.396. The van der Waals surface area contributed by atoms with Crippen LogP contribution >= 0.6 is 0 Å². The van der Waals surface area contributed by atoms with Crippen molar-refractivity contribution in [2.24, 2.45) is 7.05 Å². The van der Waals surface area contributed by atoms with Gasteiger partial charge in [-0.05, 0) is 50.4 Å². The van der Waals surface area contributed by atoms with Crippen LogP contribution in [0.3, 0.4) is 0 Å². The first-order chi connectivity index (χ1) is 8.59. The van der Waals surface area contributed by atoms with Gasteiger partial charge in [-0.2, -0.15) is 0 Å². The Bertz CT molecular complexity index is 603. The number of aromatic nitrogens is 1. The third-order valence-corrected chi connectivity index (χ3v) is 4.47. The second-order valence-corrected chi connectivity index (χ2v) is 5.89. The van der Waals surface area contributed by atoms with E-state index in [-0.39, 0.29) is 0 Å². The van der Waals surface area contributed by atoms with E-state index < -0.39 is 0 Å². The molecule has 0 aliphatic heterocycles. The highest BCUT2D eigenvalue weighted by atomic mass is 14.9. The van der Waals surface area contributed by atoms with E-state index >= 15 is 0 Å². The standard InChI is InChI=1S/C16H22N2/c1-11-5-6-12(2)15-14(11)13(9-18(15)4)16(7-8-16)10-17-3/h5-6,9,17H,7-8,10H2,1-4H3. The van der Waals surface area contributed by atoms with E-state index in [4.69, 9.17) is 0 Å². The smallest absolute Gasteiger partial charge is 0.0513 e. The molecule has 2 aromatic rings. The molecule has 1 aliphatic carbocycles. The lowest BCUT2D eigenvalue weighted by molar-refractivity contribution is 0.626. The number of benzene rings is 1. The van der Waals surface area contributed by atoms with Crippen molar-refractivity contribution in [2.75, 3.05) is 13.6 Å². The molecule has 1 saturated carbocycles. The van der Waals surface area contributed by atoms with Crippen molar-refractivity contribution in [3.8, 4) is 0 Å². The van der Waals surface area contributed by atoms with Gasteiger partial charge in [0, 0.05) is 30.6 Å². The highest BCUT2D eigenvalue weighted by Crippen LogP contribution is 2.51. The van der Waals surface area contributed by atoms with Gasteiger partial charge in [-0.1, -0.05) is 12.1 Å². The number of hydrogen-bond acceptors (Lipinski definition) is 1. The maximum atomic E-state index is 3.37. The summed E-state index contributed by atoms with van der Waals surface area (Å²) in [5.74, 6) is 0. The summed E-state index contributed by atoms with van der Waals surface area (Å²) in [6.45, 7) is 5.55. The van der Waals surface area contributed by atoms with Crippen molar-refractivity contribution in [1.82, 2.24) is 9.88 Å². The topological polar surface area (TPSA) is 17.0 Å². The maximum absolute atomic E-state index is 3.37. The molecule has 0 spiro atoms. The molecule has 1 aromatic heterocycles. The second kappa shape index (κ2) is 3.86. The van der Waals surface area contributed by atoms with E-state index in [1.165, 1.54) is 34.9 Å². The Hall–Kier alpha value is -1.28. The quantitative estimate of drug-likeness (QED) is 0.875. The van der Waals surface area contributed by atoms with Gasteiger partial charge in [0.15, 0.2) is 0 Å². The van der Waals surface area contributed by atoms with E-state index in [1.54, 1.807) is 5.56 Å². The predicted molar refractivity (Wildman–Crippen MR) is 77.2 cm³/mol. The summed E-state index contributed by atoms with van der Waals surface area (Å²) < 4.78 is 2.31. The molecular weight excluding hydrogens is 220 g/mol. The molecule has 0 saturated heterocycles. The Morgan fingerprint density at radius 2 is 1.89 bits per heavy atom. The number of nitrogens with zero attached hydrogens (tertiary/aromatic N) is 1. The van der Waals surface area contributed by atoms with E-state index in [9.17, 15) is 0 Å². The molecule has 1 aromatic carbocycles. The minimum Gasteiger partial charge on any atom is -0.350 e. The summed E-state index contributed by atoms with van der Waals surface area (Å²) in [4.78, 5) is 0. The molecular formula is C16H22N2. The SMILES string of the molecule is CNCC1(c2cn(C)c3c(C)ccc(C)c23)CC1. The molecule has 0 atom stereocenters. The average Bonchev–Trinajstić information content (AvgIpc) is 3.02. The summed E-state index contributed by atoms with van der Waals surface area (Å²) in [7, 11) is 4.23. The summed E-state index contributed by atoms with van der Waals surface area (Å²) in [5.41, 5.74) is 6.15. The Labute approximate surface area is 109 Å². The summed E-state index contributed by atoms with van der Waals surface area (Å²) in [5, 5.41) is 4.86. The zero-order chi connectivity index (χ0) is 12.9. The molecule has 0 unspecified atom stereocenters. The lowest BCUT2D eigenvalue weighted by Crippen LogP contribution is -2.23. The van der Waals surface area contributed by atoms with Crippen LogP contribution in [0.4, 0.5) is 0 Å². The van der Waals surface area contributed by atoms with Crippen LogP contribution in [0.15, 0.2) is 18.3 Å². The fraction of sp³-hybridized carbons (Fsp3) is 0.500. The van der Waals surface area contributed by atoms with Crippen LogP contribution in [-0.2, 0) is 12.5 Å². The Kier molecular flexibility index (Phi) is 2.53. The van der Waals surface area contributed by atoms with E-state index in [2.05, 4.69) is 56.2 Å². The third kappa shape index (κ3) is 1.52. The van der Waals surface area contributed by atoms with Gasteiger partial charge >= 0.3 is 0 Å². The molecule has 1 N–H and O–H groups in total. The lowest BCUT2D eigenvalue weighted by Gasteiger charge is -2.14. The maximum Gasteiger partial charge on any atom is 0.0513 e. The van der Waals surface area contributed by atoms with Crippen molar-refractivity contribution in [3.05, 3.63) is 35.0 Å². The first-order valence-corrected chi connectivity index (χ1v) is 6.79. The summed E-state index contributed by atoms with van der Waals surface area (Å²) in [6, 6.07) is 4.50. The number of aryl methyl sites for hydroxylation is 3. The molecule has 0 amide bonds. The first kappa shape index (κ1) is 11.8. The van der Waals surface area contributed by atoms with Crippen molar-refractivity contribution >= 4 is 10.9 Å². The van der Waals surface area contributed by atoms with E-state index in [0.29, 0.717) is 5.41 Å². The molecule has 2 heteroatoms. The highest BCUT2D eigenvalue weighted by molar-refractivity contribution is 5.91. The van der Waals surface area contributed by atoms with E-state index in [1.807, 2.05) is 0 Å². The zero-order valence-electron chi connectivity index (χ0n) is 11.8. The minimum atomic E-state index is 0.396. The predicted octanol–water partition coefficient (Wildman–Crippen LogP) is 3.05. The third-order valence-electron chi connectivity index (χ3n) is 4.47. The van der Waals surface area contributed by atoms with Crippen LogP contribution < -0.4 is 5.32 Å². The molecule has 96 valence electrons. The van der Waals surface area contributed by atoms with Crippen LogP contribution in [0.1, 0.15) is 29.5 Å². The number of rotatable bonds is 3. The molecule has 1 fully saturated rings. The summed E-state index contributed by atoms with van der Waals surface area (Å²) >= 11 is 0. The molecule has 1 heterocycles. The average molecular weight is 242 g/mol. The van der Waals surface area contributed by atoms with Gasteiger partial charge in [0.1, 0.15) is 0 Å². The van der Waals surface area contributed by atoms with Gasteiger partial charge in [0.25, 0.3) is 0 Å². The van der Waals surface area contributed by atoms with Crippen LogP contribution in [-0.4, -0.2) is 18.2 Å². The van der Waals surface area contributed by atoms with Gasteiger partial charge in [-0.25, -0.2) is 0 Å². The molecule has 0 radical (unpaired) electrons. The van der Waals surface area contributed by atoms with Gasteiger partial charge in [-0.3, -0.25) is 0 Å². The number of hydrogen-bond donors (Lipinski definition) is 1. The number of fused-ring (bicyclic) bond motifs is 1. The van der Waals surface area contributed by atoms with Crippen molar-refractivity contribution in [1.29, 1.82) is 0 Å². The van der Waals surface area contributed by atoms with Gasteiger partial charge in [-0.15, -0.1) is 0 Å². The largest absolute Gasteiger partial charge is 0.350 e. The molecule has 0 bridgehead atoms. The van der Waals surface area contributed by atoms with Crippen molar-refractivity contribution in [3.63, 3.8) is 0 Å². The van der Waals surface area contributed by atoms with Gasteiger partial charge in [0.2, 0.25) is 0 Å². The normalized spacial score (nSPS) is 17.3. The van der Waals surface area contributed by atoms with Crippen LogP contribution in [0.2, 0.25) is 0 Å².